The van der Waals surface area contributed by atoms with Crippen LogP contribution in [-0.2, 0) is 6.18 Å². The minimum Gasteiger partial charge on any atom is -0.279 e. The van der Waals surface area contributed by atoms with Crippen LogP contribution in [0.5, 0.6) is 0 Å². The molecule has 0 N–H and O–H groups in total. The first-order valence-corrected chi connectivity index (χ1v) is 12.5. The van der Waals surface area contributed by atoms with E-state index in [4.69, 9.17) is 0 Å². The van der Waals surface area contributed by atoms with E-state index in [-0.39, 0.29) is 21.3 Å². The van der Waals surface area contributed by atoms with Gasteiger partial charge in [-0.3, -0.25) is 9.56 Å². The average molecular weight is 566 g/mol. The minimum absolute atomic E-state index is 0.0262. The Morgan fingerprint density at radius 2 is 1.32 bits per heavy atom. The number of benzene rings is 3. The van der Waals surface area contributed by atoms with Gasteiger partial charge in [0, 0.05) is 5.69 Å². The van der Waals surface area contributed by atoms with E-state index in [1.807, 2.05) is 6.07 Å². The summed E-state index contributed by atoms with van der Waals surface area (Å²) >= 11 is 5.63. The first-order chi connectivity index (χ1) is 18.2. The number of hydrogen-bond acceptors (Lipinski definition) is 4. The van der Waals surface area contributed by atoms with Crippen LogP contribution in [0.4, 0.5) is 37.7 Å². The quantitative estimate of drug-likeness (QED) is 0.127. The first kappa shape index (κ1) is 27.7. The van der Waals surface area contributed by atoms with Crippen molar-refractivity contribution in [1.82, 2.24) is 4.57 Å². The summed E-state index contributed by atoms with van der Waals surface area (Å²) in [5.74, 6) is 0. The van der Waals surface area contributed by atoms with Crippen molar-refractivity contribution in [1.29, 1.82) is 0 Å². The van der Waals surface area contributed by atoms with Crippen LogP contribution < -0.4 is 4.80 Å². The third-order valence-electron chi connectivity index (χ3n) is 5.72. The summed E-state index contributed by atoms with van der Waals surface area (Å²) < 4.78 is 83.7. The molecule has 0 saturated carbocycles. The summed E-state index contributed by atoms with van der Waals surface area (Å²) in [5, 5.41) is 0.196. The normalized spacial score (nSPS) is 13.2. The van der Waals surface area contributed by atoms with E-state index in [1.54, 1.807) is 59.2 Å². The van der Waals surface area contributed by atoms with E-state index in [2.05, 4.69) is 22.6 Å². The van der Waals surface area contributed by atoms with Gasteiger partial charge in [-0.1, -0.05) is 47.7 Å². The maximum absolute atomic E-state index is 14.3. The highest BCUT2D eigenvalue weighted by Gasteiger charge is 2.40. The molecule has 4 rings (SSSR count). The summed E-state index contributed by atoms with van der Waals surface area (Å²) in [5.41, 5.74) is -2.31. The van der Waals surface area contributed by atoms with E-state index in [0.717, 1.165) is 35.6 Å². The zero-order chi connectivity index (χ0) is 27.3. The zero-order valence-corrected chi connectivity index (χ0v) is 21.4. The number of rotatable bonds is 8. The van der Waals surface area contributed by atoms with Crippen LogP contribution in [0.25, 0.3) is 5.69 Å². The van der Waals surface area contributed by atoms with Crippen LogP contribution >= 0.6 is 24.0 Å². The summed E-state index contributed by atoms with van der Waals surface area (Å²) in [6.45, 7) is -4.29. The van der Waals surface area contributed by atoms with Gasteiger partial charge >= 0.3 is 6.18 Å². The molecule has 0 aliphatic rings. The van der Waals surface area contributed by atoms with Crippen molar-refractivity contribution < 1.29 is 26.3 Å². The molecule has 1 aromatic heterocycles. The van der Waals surface area contributed by atoms with Crippen LogP contribution in [0.1, 0.15) is 10.4 Å². The van der Waals surface area contributed by atoms with Crippen molar-refractivity contribution in [3.8, 4) is 5.69 Å². The monoisotopic (exact) mass is 565 g/mol. The molecular formula is C27H21F6N3S2. The lowest BCUT2D eigenvalue weighted by Crippen LogP contribution is -2.38. The van der Waals surface area contributed by atoms with Crippen molar-refractivity contribution in [2.24, 2.45) is 15.4 Å². The Bertz CT molecular complexity index is 1450. The van der Waals surface area contributed by atoms with Crippen molar-refractivity contribution in [3.05, 3.63) is 100 Å². The van der Waals surface area contributed by atoms with Gasteiger partial charge < -0.3 is 0 Å². The van der Waals surface area contributed by atoms with E-state index in [0.29, 0.717) is 16.2 Å². The Kier molecular flexibility index (Phi) is 8.47. The molecule has 0 aliphatic carbocycles. The summed E-state index contributed by atoms with van der Waals surface area (Å²) in [6, 6.07) is 21.6. The third-order valence-corrected chi connectivity index (χ3v) is 7.34. The fourth-order valence-electron chi connectivity index (χ4n) is 3.59. The Morgan fingerprint density at radius 3 is 1.84 bits per heavy atom. The molecule has 0 bridgehead atoms. The molecule has 0 unspecified atom stereocenters. The van der Waals surface area contributed by atoms with E-state index in [1.165, 1.54) is 0 Å². The van der Waals surface area contributed by atoms with Gasteiger partial charge in [-0.2, -0.15) is 13.2 Å². The van der Waals surface area contributed by atoms with Crippen LogP contribution in [-0.4, -0.2) is 30.3 Å². The summed E-state index contributed by atoms with van der Waals surface area (Å²) in [6.07, 6.45) is -4.58. The number of aliphatic imine (C=N–C) groups is 1. The third kappa shape index (κ3) is 5.73. The standard InChI is InChI=1S/C27H21F6N3S2/c28-15-26(16-29,17-30)23(34-20-13-11-18(12-14-20)27(31,32)33)22-24(37)36(21-9-5-2-6-10-21)25(38-22)35-19-7-3-1-4-8-19/h1-14,37H,15-17H2. The molecule has 0 saturated heterocycles. The van der Waals surface area contributed by atoms with E-state index >= 15 is 0 Å². The number of thiazole rings is 1. The molecule has 4 aromatic rings. The van der Waals surface area contributed by atoms with E-state index < -0.39 is 37.2 Å². The highest BCUT2D eigenvalue weighted by atomic mass is 32.1. The van der Waals surface area contributed by atoms with Crippen LogP contribution in [0.3, 0.4) is 0 Å². The maximum Gasteiger partial charge on any atom is 0.416 e. The lowest BCUT2D eigenvalue weighted by molar-refractivity contribution is -0.137. The smallest absolute Gasteiger partial charge is 0.279 e. The molecule has 11 heteroatoms. The second-order valence-electron chi connectivity index (χ2n) is 8.34. The molecule has 0 atom stereocenters. The second kappa shape index (κ2) is 11.6. The molecule has 0 aliphatic heterocycles. The molecule has 0 amide bonds. The van der Waals surface area contributed by atoms with Gasteiger partial charge in [-0.15, -0.1) is 12.6 Å². The molecule has 3 aromatic carbocycles. The highest BCUT2D eigenvalue weighted by molar-refractivity contribution is 7.80. The highest BCUT2D eigenvalue weighted by Crippen LogP contribution is 2.36. The fraction of sp³-hybridized carbons (Fsp3) is 0.185. The Morgan fingerprint density at radius 1 is 0.763 bits per heavy atom. The summed E-state index contributed by atoms with van der Waals surface area (Å²) in [4.78, 5) is 9.45. The van der Waals surface area contributed by atoms with Crippen LogP contribution in [0.2, 0.25) is 0 Å². The zero-order valence-electron chi connectivity index (χ0n) is 19.7. The van der Waals surface area contributed by atoms with Gasteiger partial charge in [0.25, 0.3) is 0 Å². The number of alkyl halides is 6. The van der Waals surface area contributed by atoms with Gasteiger partial charge in [-0.25, -0.2) is 18.2 Å². The maximum atomic E-state index is 14.3. The van der Waals surface area contributed by atoms with Gasteiger partial charge in [0.15, 0.2) is 4.80 Å². The van der Waals surface area contributed by atoms with Gasteiger partial charge in [0.2, 0.25) is 0 Å². The predicted molar refractivity (Wildman–Crippen MR) is 141 cm³/mol. The average Bonchev–Trinajstić information content (AvgIpc) is 3.25. The minimum atomic E-state index is -4.58. The van der Waals surface area contributed by atoms with Crippen LogP contribution in [0.15, 0.2) is 99.9 Å². The number of thiol groups is 1. The van der Waals surface area contributed by atoms with Gasteiger partial charge in [-0.05, 0) is 48.5 Å². The molecule has 1 heterocycles. The number of hydrogen-bond donors (Lipinski definition) is 1. The topological polar surface area (TPSA) is 29.6 Å². The Balaban J connectivity index is 1.99. The largest absolute Gasteiger partial charge is 0.416 e. The molecule has 0 fully saturated rings. The molecule has 0 spiro atoms. The van der Waals surface area contributed by atoms with E-state index in [9.17, 15) is 26.3 Å². The number of nitrogens with zero attached hydrogens (tertiary/aromatic N) is 3. The molecule has 3 nitrogen and oxygen atoms in total. The van der Waals surface area contributed by atoms with Crippen molar-refractivity contribution in [2.45, 2.75) is 11.2 Å². The molecular weight excluding hydrogens is 544 g/mol. The van der Waals surface area contributed by atoms with Gasteiger partial charge in [0.1, 0.15) is 20.0 Å². The number of halogens is 6. The second-order valence-corrected chi connectivity index (χ2v) is 9.74. The van der Waals surface area contributed by atoms with Crippen molar-refractivity contribution in [2.75, 3.05) is 20.0 Å². The van der Waals surface area contributed by atoms with Crippen LogP contribution in [0, 0.1) is 5.41 Å². The summed E-state index contributed by atoms with van der Waals surface area (Å²) in [7, 11) is 0. The fourth-order valence-corrected chi connectivity index (χ4v) is 5.27. The number of aromatic nitrogens is 1. The SMILES string of the molecule is FCC(CF)(CF)C(=Nc1ccc(C(F)(F)F)cc1)c1sc(=Nc2ccccc2)n(-c2ccccc2)c1S. The van der Waals surface area contributed by atoms with Crippen molar-refractivity contribution >= 4 is 41.1 Å². The Hall–Kier alpha value is -3.31. The van der Waals surface area contributed by atoms with Gasteiger partial charge in [0.05, 0.1) is 38.0 Å². The molecule has 198 valence electrons. The lowest BCUT2D eigenvalue weighted by atomic mass is 9.86. The lowest BCUT2D eigenvalue weighted by Gasteiger charge is -2.26. The Labute approximate surface area is 224 Å². The molecule has 0 radical (unpaired) electrons. The predicted octanol–water partition coefficient (Wildman–Crippen LogP) is 8.09. The van der Waals surface area contributed by atoms with Crippen molar-refractivity contribution in [3.63, 3.8) is 0 Å². The number of para-hydroxylation sites is 2. The first-order valence-electron chi connectivity index (χ1n) is 11.3. The molecule has 38 heavy (non-hydrogen) atoms.